The first-order chi connectivity index (χ1) is 7.35. The molecule has 0 fully saturated rings. The molecule has 1 aromatic heterocycles. The van der Waals surface area contributed by atoms with Gasteiger partial charge in [-0.05, 0) is 18.9 Å². The summed E-state index contributed by atoms with van der Waals surface area (Å²) in [6.45, 7) is 2.42. The van der Waals surface area contributed by atoms with Gasteiger partial charge in [0.1, 0.15) is 11.6 Å². The van der Waals surface area contributed by atoms with Gasteiger partial charge in [0.05, 0.1) is 6.61 Å². The van der Waals surface area contributed by atoms with Crippen molar-refractivity contribution in [3.8, 4) is 0 Å². The van der Waals surface area contributed by atoms with Crippen LogP contribution in [0.25, 0.3) is 0 Å². The van der Waals surface area contributed by atoms with Crippen LogP contribution in [-0.4, -0.2) is 35.0 Å². The van der Waals surface area contributed by atoms with Gasteiger partial charge in [0.2, 0.25) is 0 Å². The van der Waals surface area contributed by atoms with Gasteiger partial charge in [-0.1, -0.05) is 0 Å². The van der Waals surface area contributed by atoms with E-state index in [-0.39, 0.29) is 0 Å². The molecule has 1 aliphatic heterocycles. The van der Waals surface area contributed by atoms with Crippen molar-refractivity contribution >= 4 is 0 Å². The molecular formula is C10H18N4O. The number of ether oxygens (including phenoxy) is 1. The second-order valence-electron chi connectivity index (χ2n) is 4.03. The number of rotatable bonds is 4. The van der Waals surface area contributed by atoms with Crippen molar-refractivity contribution in [3.05, 3.63) is 11.6 Å². The third-order valence-corrected chi connectivity index (χ3v) is 2.98. The van der Waals surface area contributed by atoms with Crippen LogP contribution in [0, 0.1) is 5.92 Å². The molecule has 84 valence electrons. The molecule has 2 N–H and O–H groups in total. The van der Waals surface area contributed by atoms with Crippen LogP contribution in [0.15, 0.2) is 0 Å². The summed E-state index contributed by atoms with van der Waals surface area (Å²) >= 11 is 0. The SMILES string of the molecule is COCCc1nnc2n1CC(CN)CC2. The molecule has 0 amide bonds. The van der Waals surface area contributed by atoms with E-state index < -0.39 is 0 Å². The van der Waals surface area contributed by atoms with Crippen molar-refractivity contribution in [1.82, 2.24) is 14.8 Å². The third-order valence-electron chi connectivity index (χ3n) is 2.98. The number of aryl methyl sites for hydroxylation is 1. The Morgan fingerprint density at radius 3 is 3.13 bits per heavy atom. The van der Waals surface area contributed by atoms with Gasteiger partial charge >= 0.3 is 0 Å². The Bertz CT molecular complexity index is 323. The van der Waals surface area contributed by atoms with Crippen molar-refractivity contribution in [2.24, 2.45) is 11.7 Å². The average Bonchev–Trinajstić information content (AvgIpc) is 2.68. The molecule has 0 aliphatic carbocycles. The van der Waals surface area contributed by atoms with Crippen molar-refractivity contribution in [2.45, 2.75) is 25.8 Å². The standard InChI is InChI=1S/C10H18N4O/c1-15-5-4-10-13-12-9-3-2-8(6-11)7-14(9)10/h8H,2-7,11H2,1H3. The van der Waals surface area contributed by atoms with Gasteiger partial charge in [0.25, 0.3) is 0 Å². The van der Waals surface area contributed by atoms with Crippen molar-refractivity contribution in [2.75, 3.05) is 20.3 Å². The van der Waals surface area contributed by atoms with Gasteiger partial charge in [0, 0.05) is 26.5 Å². The van der Waals surface area contributed by atoms with Crippen LogP contribution in [0.2, 0.25) is 0 Å². The predicted molar refractivity (Wildman–Crippen MR) is 56.5 cm³/mol. The molecule has 1 aromatic rings. The molecule has 0 saturated carbocycles. The largest absolute Gasteiger partial charge is 0.384 e. The summed E-state index contributed by atoms with van der Waals surface area (Å²) in [5.41, 5.74) is 5.70. The fraction of sp³-hybridized carbons (Fsp3) is 0.800. The van der Waals surface area contributed by atoms with Gasteiger partial charge in [-0.25, -0.2) is 0 Å². The zero-order chi connectivity index (χ0) is 10.7. The molecule has 1 aliphatic rings. The molecule has 0 saturated heterocycles. The van der Waals surface area contributed by atoms with E-state index in [1.807, 2.05) is 0 Å². The van der Waals surface area contributed by atoms with Gasteiger partial charge in [-0.15, -0.1) is 10.2 Å². The number of hydrogen-bond acceptors (Lipinski definition) is 4. The Kier molecular flexibility index (Phi) is 3.33. The summed E-state index contributed by atoms with van der Waals surface area (Å²) in [5, 5.41) is 8.39. The maximum Gasteiger partial charge on any atom is 0.135 e. The minimum atomic E-state index is 0.579. The molecule has 5 heteroatoms. The van der Waals surface area contributed by atoms with Crippen LogP contribution in [0.1, 0.15) is 18.1 Å². The summed E-state index contributed by atoms with van der Waals surface area (Å²) in [6, 6.07) is 0. The summed E-state index contributed by atoms with van der Waals surface area (Å²) in [7, 11) is 1.70. The normalized spacial score (nSPS) is 20.3. The monoisotopic (exact) mass is 210 g/mol. The second-order valence-corrected chi connectivity index (χ2v) is 4.03. The topological polar surface area (TPSA) is 66.0 Å². The maximum absolute atomic E-state index is 5.70. The fourth-order valence-corrected chi connectivity index (χ4v) is 2.02. The van der Waals surface area contributed by atoms with Gasteiger partial charge < -0.3 is 15.0 Å². The first-order valence-electron chi connectivity index (χ1n) is 5.45. The minimum absolute atomic E-state index is 0.579. The third kappa shape index (κ3) is 2.18. The highest BCUT2D eigenvalue weighted by Gasteiger charge is 2.21. The zero-order valence-corrected chi connectivity index (χ0v) is 9.15. The summed E-state index contributed by atoms with van der Waals surface area (Å²) in [4.78, 5) is 0. The Labute approximate surface area is 89.6 Å². The highest BCUT2D eigenvalue weighted by atomic mass is 16.5. The predicted octanol–water partition coefficient (Wildman–Crippen LogP) is -0.0119. The van der Waals surface area contributed by atoms with Gasteiger partial charge in [0.15, 0.2) is 0 Å². The molecule has 15 heavy (non-hydrogen) atoms. The lowest BCUT2D eigenvalue weighted by atomic mass is 9.99. The highest BCUT2D eigenvalue weighted by Crippen LogP contribution is 2.19. The maximum atomic E-state index is 5.70. The summed E-state index contributed by atoms with van der Waals surface area (Å²) < 4.78 is 7.26. The van der Waals surface area contributed by atoms with E-state index in [0.717, 1.165) is 44.0 Å². The van der Waals surface area contributed by atoms with Crippen LogP contribution in [0.4, 0.5) is 0 Å². The van der Waals surface area contributed by atoms with Crippen LogP contribution >= 0.6 is 0 Å². The lowest BCUT2D eigenvalue weighted by molar-refractivity contribution is 0.198. The number of methoxy groups -OCH3 is 1. The Morgan fingerprint density at radius 2 is 2.40 bits per heavy atom. The van der Waals surface area contributed by atoms with E-state index in [1.165, 1.54) is 0 Å². The quantitative estimate of drug-likeness (QED) is 0.759. The van der Waals surface area contributed by atoms with E-state index in [2.05, 4.69) is 14.8 Å². The fourth-order valence-electron chi connectivity index (χ4n) is 2.02. The lowest BCUT2D eigenvalue weighted by Crippen LogP contribution is -2.27. The molecule has 0 aromatic carbocycles. The molecule has 1 atom stereocenters. The lowest BCUT2D eigenvalue weighted by Gasteiger charge is -2.22. The molecular weight excluding hydrogens is 192 g/mol. The van der Waals surface area contributed by atoms with E-state index in [4.69, 9.17) is 10.5 Å². The smallest absolute Gasteiger partial charge is 0.135 e. The van der Waals surface area contributed by atoms with E-state index in [1.54, 1.807) is 7.11 Å². The van der Waals surface area contributed by atoms with E-state index in [0.29, 0.717) is 12.5 Å². The van der Waals surface area contributed by atoms with Crippen LogP contribution in [-0.2, 0) is 24.1 Å². The highest BCUT2D eigenvalue weighted by molar-refractivity contribution is 5.00. The van der Waals surface area contributed by atoms with E-state index in [9.17, 15) is 0 Å². The summed E-state index contributed by atoms with van der Waals surface area (Å²) in [5.74, 6) is 2.71. The molecule has 2 rings (SSSR count). The average molecular weight is 210 g/mol. The van der Waals surface area contributed by atoms with Gasteiger partial charge in [-0.3, -0.25) is 0 Å². The molecule has 1 unspecified atom stereocenters. The van der Waals surface area contributed by atoms with E-state index >= 15 is 0 Å². The van der Waals surface area contributed by atoms with Crippen LogP contribution in [0.3, 0.4) is 0 Å². The number of fused-ring (bicyclic) bond motifs is 1. The first-order valence-corrected chi connectivity index (χ1v) is 5.45. The second kappa shape index (κ2) is 4.72. The van der Waals surface area contributed by atoms with Crippen molar-refractivity contribution in [1.29, 1.82) is 0 Å². The first kappa shape index (κ1) is 10.6. The zero-order valence-electron chi connectivity index (χ0n) is 9.15. The molecule has 0 bridgehead atoms. The number of nitrogens with two attached hydrogens (primary N) is 1. The minimum Gasteiger partial charge on any atom is -0.384 e. The van der Waals surface area contributed by atoms with Gasteiger partial charge in [-0.2, -0.15) is 0 Å². The summed E-state index contributed by atoms with van der Waals surface area (Å²) in [6.07, 6.45) is 2.97. The Balaban J connectivity index is 2.10. The number of nitrogens with zero attached hydrogens (tertiary/aromatic N) is 3. The van der Waals surface area contributed by atoms with Crippen molar-refractivity contribution in [3.63, 3.8) is 0 Å². The number of hydrogen-bond donors (Lipinski definition) is 1. The molecule has 0 spiro atoms. The van der Waals surface area contributed by atoms with Crippen LogP contribution < -0.4 is 5.73 Å². The number of aromatic nitrogens is 3. The van der Waals surface area contributed by atoms with Crippen molar-refractivity contribution < 1.29 is 4.74 Å². The molecule has 5 nitrogen and oxygen atoms in total. The molecule has 2 heterocycles. The Morgan fingerprint density at radius 1 is 1.53 bits per heavy atom. The molecule has 0 radical (unpaired) electrons. The Hall–Kier alpha value is -0.940. The van der Waals surface area contributed by atoms with Crippen LogP contribution in [0.5, 0.6) is 0 Å².